The zero-order valence-corrected chi connectivity index (χ0v) is 7.61. The Morgan fingerprint density at radius 1 is 1.62 bits per heavy atom. The highest BCUT2D eigenvalue weighted by atomic mass is 35.5. The second kappa shape index (κ2) is 4.80. The van der Waals surface area contributed by atoms with Crippen LogP contribution >= 0.6 is 11.6 Å². The van der Waals surface area contributed by atoms with Gasteiger partial charge in [0.2, 0.25) is 0 Å². The fourth-order valence-electron chi connectivity index (χ4n) is 0.740. The molecule has 0 aliphatic rings. The molecular weight excluding hydrogens is 191 g/mol. The Hall–Kier alpha value is -1.11. The maximum atomic E-state index is 12.6. The molecule has 2 nitrogen and oxygen atoms in total. The van der Waals surface area contributed by atoms with Gasteiger partial charge < -0.3 is 5.73 Å². The van der Waals surface area contributed by atoms with E-state index in [1.54, 1.807) is 0 Å². The summed E-state index contributed by atoms with van der Waals surface area (Å²) < 4.78 is 12.6. The van der Waals surface area contributed by atoms with Crippen molar-refractivity contribution in [2.24, 2.45) is 5.73 Å². The summed E-state index contributed by atoms with van der Waals surface area (Å²) in [4.78, 5) is 3.61. The minimum Gasteiger partial charge on any atom is -0.330 e. The molecule has 0 aliphatic heterocycles. The molecule has 0 saturated heterocycles. The van der Waals surface area contributed by atoms with Crippen molar-refractivity contribution < 1.29 is 4.39 Å². The number of halogens is 2. The molecule has 0 bridgehead atoms. The smallest absolute Gasteiger partial charge is 0.144 e. The fourth-order valence-corrected chi connectivity index (χ4v) is 0.891. The summed E-state index contributed by atoms with van der Waals surface area (Å²) in [7, 11) is 0. The van der Waals surface area contributed by atoms with Crippen LogP contribution in [0.25, 0.3) is 0 Å². The first-order chi connectivity index (χ1) is 6.24. The quantitative estimate of drug-likeness (QED) is 0.550. The first-order valence-corrected chi connectivity index (χ1v) is 4.12. The third-order valence-corrected chi connectivity index (χ3v) is 1.60. The van der Waals surface area contributed by atoms with E-state index >= 15 is 0 Å². The Balaban J connectivity index is 2.89. The van der Waals surface area contributed by atoms with Gasteiger partial charge in [0.1, 0.15) is 11.0 Å². The number of nitrogens with zero attached hydrogens (tertiary/aromatic N) is 1. The van der Waals surface area contributed by atoms with E-state index < -0.39 is 5.82 Å². The van der Waals surface area contributed by atoms with Crippen LogP contribution in [0.2, 0.25) is 5.15 Å². The number of nitrogens with two attached hydrogens (primary N) is 1. The average Bonchev–Trinajstić information content (AvgIpc) is 2.11. The molecule has 1 rings (SSSR count). The van der Waals surface area contributed by atoms with Crippen LogP contribution in [0.15, 0.2) is 12.3 Å². The Morgan fingerprint density at radius 3 is 3.08 bits per heavy atom. The van der Waals surface area contributed by atoms with E-state index in [4.69, 9.17) is 17.3 Å². The Kier molecular flexibility index (Phi) is 3.69. The van der Waals surface area contributed by atoms with Crippen LogP contribution in [0.5, 0.6) is 0 Å². The summed E-state index contributed by atoms with van der Waals surface area (Å²) in [5.74, 6) is 5.00. The van der Waals surface area contributed by atoms with Gasteiger partial charge in [0, 0.05) is 13.0 Å². The van der Waals surface area contributed by atoms with Crippen molar-refractivity contribution in [3.8, 4) is 11.8 Å². The summed E-state index contributed by atoms with van der Waals surface area (Å²) in [5.41, 5.74) is 5.63. The molecule has 4 heteroatoms. The third kappa shape index (κ3) is 3.02. The topological polar surface area (TPSA) is 38.9 Å². The van der Waals surface area contributed by atoms with Gasteiger partial charge in [-0.05, 0) is 6.07 Å². The average molecular weight is 199 g/mol. The summed E-state index contributed by atoms with van der Waals surface area (Å²) >= 11 is 5.66. The van der Waals surface area contributed by atoms with Crippen LogP contribution in [-0.4, -0.2) is 11.5 Å². The highest BCUT2D eigenvalue weighted by molar-refractivity contribution is 6.30. The molecule has 1 aromatic heterocycles. The van der Waals surface area contributed by atoms with Crippen molar-refractivity contribution >= 4 is 11.6 Å². The number of rotatable bonds is 1. The predicted octanol–water partition coefficient (Wildman–Crippen LogP) is 1.57. The molecular formula is C9H8ClFN2. The van der Waals surface area contributed by atoms with Gasteiger partial charge in [0.05, 0.1) is 11.8 Å². The molecule has 0 radical (unpaired) electrons. The lowest BCUT2D eigenvalue weighted by Gasteiger charge is -1.93. The summed E-state index contributed by atoms with van der Waals surface area (Å²) in [6.45, 7) is 0.480. The van der Waals surface area contributed by atoms with Gasteiger partial charge in [0.25, 0.3) is 0 Å². The van der Waals surface area contributed by atoms with Gasteiger partial charge in [-0.2, -0.15) is 0 Å². The van der Waals surface area contributed by atoms with Crippen molar-refractivity contribution in [3.05, 3.63) is 28.8 Å². The van der Waals surface area contributed by atoms with E-state index in [0.29, 0.717) is 18.5 Å². The first-order valence-electron chi connectivity index (χ1n) is 3.74. The van der Waals surface area contributed by atoms with Crippen LogP contribution in [0.3, 0.4) is 0 Å². The monoisotopic (exact) mass is 198 g/mol. The van der Waals surface area contributed by atoms with Crippen LogP contribution in [-0.2, 0) is 0 Å². The highest BCUT2D eigenvalue weighted by Crippen LogP contribution is 2.11. The van der Waals surface area contributed by atoms with Crippen LogP contribution < -0.4 is 5.73 Å². The normalized spacial score (nSPS) is 9.15. The molecule has 2 N–H and O–H groups in total. The molecule has 0 unspecified atom stereocenters. The SMILES string of the molecule is NCCC#Cc1cc(F)cnc1Cl. The zero-order valence-electron chi connectivity index (χ0n) is 6.85. The molecule has 0 spiro atoms. The number of hydrogen-bond donors (Lipinski definition) is 1. The number of pyridine rings is 1. The maximum absolute atomic E-state index is 12.6. The lowest BCUT2D eigenvalue weighted by Crippen LogP contribution is -1.95. The Morgan fingerprint density at radius 2 is 2.38 bits per heavy atom. The van der Waals surface area contributed by atoms with Crippen LogP contribution in [0.1, 0.15) is 12.0 Å². The summed E-state index contributed by atoms with van der Waals surface area (Å²) in [5, 5.41) is 0.214. The van der Waals surface area contributed by atoms with Gasteiger partial charge in [-0.15, -0.1) is 0 Å². The van der Waals surface area contributed by atoms with Crippen molar-refractivity contribution in [2.45, 2.75) is 6.42 Å². The van der Waals surface area contributed by atoms with Gasteiger partial charge >= 0.3 is 0 Å². The second-order valence-electron chi connectivity index (χ2n) is 2.33. The minimum absolute atomic E-state index is 0.214. The minimum atomic E-state index is -0.443. The van der Waals surface area contributed by atoms with E-state index in [9.17, 15) is 4.39 Å². The molecule has 0 aromatic carbocycles. The van der Waals surface area contributed by atoms with Crippen molar-refractivity contribution in [3.63, 3.8) is 0 Å². The standard InChI is InChI=1S/C9H8ClFN2/c10-9-7(3-1-2-4-12)5-8(11)6-13-9/h5-6H,2,4,12H2. The largest absolute Gasteiger partial charge is 0.330 e. The van der Waals surface area contributed by atoms with Crippen LogP contribution in [0.4, 0.5) is 4.39 Å². The Bertz CT molecular complexity index is 354. The number of aromatic nitrogens is 1. The van der Waals surface area contributed by atoms with Crippen molar-refractivity contribution in [2.75, 3.05) is 6.54 Å². The van der Waals surface area contributed by atoms with Gasteiger partial charge in [-0.25, -0.2) is 9.37 Å². The fraction of sp³-hybridized carbons (Fsp3) is 0.222. The third-order valence-electron chi connectivity index (χ3n) is 1.30. The van der Waals surface area contributed by atoms with Crippen LogP contribution in [0, 0.1) is 17.7 Å². The lowest BCUT2D eigenvalue weighted by atomic mass is 10.2. The van der Waals surface area contributed by atoms with Gasteiger partial charge in [-0.3, -0.25) is 0 Å². The molecule has 13 heavy (non-hydrogen) atoms. The first kappa shape index (κ1) is 9.97. The molecule has 1 aromatic rings. The predicted molar refractivity (Wildman–Crippen MR) is 49.8 cm³/mol. The molecule has 0 fully saturated rings. The summed E-state index contributed by atoms with van der Waals surface area (Å²) in [6, 6.07) is 1.25. The molecule has 0 saturated carbocycles. The molecule has 0 aliphatic carbocycles. The zero-order chi connectivity index (χ0) is 9.68. The summed E-state index contributed by atoms with van der Waals surface area (Å²) in [6.07, 6.45) is 1.61. The van der Waals surface area contributed by atoms with Crippen molar-refractivity contribution in [1.82, 2.24) is 4.98 Å². The van der Waals surface area contributed by atoms with Gasteiger partial charge in [-0.1, -0.05) is 23.4 Å². The van der Waals surface area contributed by atoms with E-state index in [1.807, 2.05) is 0 Å². The maximum Gasteiger partial charge on any atom is 0.144 e. The molecule has 1 heterocycles. The molecule has 0 amide bonds. The lowest BCUT2D eigenvalue weighted by molar-refractivity contribution is 0.621. The van der Waals surface area contributed by atoms with E-state index in [1.165, 1.54) is 6.07 Å². The van der Waals surface area contributed by atoms with Gasteiger partial charge in [0.15, 0.2) is 0 Å². The Labute approximate surface area is 80.9 Å². The number of hydrogen-bond acceptors (Lipinski definition) is 2. The van der Waals surface area contributed by atoms with E-state index in [2.05, 4.69) is 16.8 Å². The van der Waals surface area contributed by atoms with E-state index in [0.717, 1.165) is 6.20 Å². The molecule has 68 valence electrons. The van der Waals surface area contributed by atoms with Crippen molar-refractivity contribution in [1.29, 1.82) is 0 Å². The van der Waals surface area contributed by atoms with E-state index in [-0.39, 0.29) is 5.15 Å². The molecule has 0 atom stereocenters. The second-order valence-corrected chi connectivity index (χ2v) is 2.69. The highest BCUT2D eigenvalue weighted by Gasteiger charge is 1.99.